The van der Waals surface area contributed by atoms with Crippen molar-refractivity contribution >= 4 is 13.6 Å². The molecule has 4 heteroatoms. The van der Waals surface area contributed by atoms with Gasteiger partial charge in [-0.05, 0) is 13.8 Å². The SMILES string of the molecule is [CH2-]C1COC(C)(C)OC1.[Zn+][Br]. The Morgan fingerprint density at radius 1 is 1.36 bits per heavy atom. The molecular weight excluding hydrogens is 261 g/mol. The Balaban J connectivity index is 0.000000461. The van der Waals surface area contributed by atoms with Gasteiger partial charge in [-0.15, -0.1) is 5.92 Å². The molecule has 0 bridgehead atoms. The third kappa shape index (κ3) is 5.29. The van der Waals surface area contributed by atoms with Gasteiger partial charge in [-0.3, -0.25) is 0 Å². The fourth-order valence-electron chi connectivity index (χ4n) is 0.727. The van der Waals surface area contributed by atoms with E-state index < -0.39 is 0 Å². The van der Waals surface area contributed by atoms with Gasteiger partial charge in [-0.25, -0.2) is 0 Å². The number of rotatable bonds is 0. The van der Waals surface area contributed by atoms with Crippen LogP contribution in [0.15, 0.2) is 0 Å². The summed E-state index contributed by atoms with van der Waals surface area (Å²) in [7, 11) is 0. The van der Waals surface area contributed by atoms with Crippen molar-refractivity contribution in [3.8, 4) is 0 Å². The minimum atomic E-state index is -0.381. The van der Waals surface area contributed by atoms with Gasteiger partial charge in [-0.1, -0.05) is 0 Å². The van der Waals surface area contributed by atoms with Crippen LogP contribution in [-0.4, -0.2) is 19.0 Å². The molecule has 0 unspecified atom stereocenters. The molecule has 0 saturated carbocycles. The summed E-state index contributed by atoms with van der Waals surface area (Å²) in [5.74, 6) is -0.0770. The van der Waals surface area contributed by atoms with Crippen molar-refractivity contribution < 1.29 is 25.8 Å². The molecule has 0 aromatic heterocycles. The van der Waals surface area contributed by atoms with Crippen LogP contribution >= 0.6 is 13.6 Å². The second-order valence-electron chi connectivity index (χ2n) is 2.89. The van der Waals surface area contributed by atoms with E-state index in [2.05, 4.69) is 20.5 Å². The average Bonchev–Trinajstić information content (AvgIpc) is 2.00. The Bertz CT molecular complexity index is 98.6. The Morgan fingerprint density at radius 2 is 1.73 bits per heavy atom. The van der Waals surface area contributed by atoms with Gasteiger partial charge in [0.1, 0.15) is 0 Å². The molecule has 0 radical (unpaired) electrons. The summed E-state index contributed by atoms with van der Waals surface area (Å²) in [6, 6.07) is 0. The summed E-state index contributed by atoms with van der Waals surface area (Å²) < 4.78 is 10.6. The Labute approximate surface area is 85.1 Å². The molecule has 2 nitrogen and oxygen atoms in total. The topological polar surface area (TPSA) is 18.5 Å². The van der Waals surface area contributed by atoms with E-state index in [1.54, 1.807) is 0 Å². The van der Waals surface area contributed by atoms with E-state index in [-0.39, 0.29) is 5.79 Å². The molecule has 1 saturated heterocycles. The second-order valence-corrected chi connectivity index (χ2v) is 2.89. The van der Waals surface area contributed by atoms with Gasteiger partial charge in [0.05, 0.1) is 0 Å². The van der Waals surface area contributed by atoms with Crippen molar-refractivity contribution in [1.29, 1.82) is 0 Å². The van der Waals surface area contributed by atoms with Gasteiger partial charge in [0.2, 0.25) is 0 Å². The molecule has 62 valence electrons. The number of hydrogen-bond acceptors (Lipinski definition) is 2. The van der Waals surface area contributed by atoms with Crippen molar-refractivity contribution in [2.75, 3.05) is 13.2 Å². The fourth-order valence-corrected chi connectivity index (χ4v) is 0.727. The first kappa shape index (κ1) is 12.0. The van der Waals surface area contributed by atoms with E-state index in [9.17, 15) is 0 Å². The Kier molecular flexibility index (Phi) is 6.16. The maximum absolute atomic E-state index is 5.29. The summed E-state index contributed by atoms with van der Waals surface area (Å²) in [4.78, 5) is 0. The zero-order valence-corrected chi connectivity index (χ0v) is 11.7. The standard InChI is InChI=1S/C7H13O2.BrH.Zn/c1-6-4-8-7(2,3)9-5-6;;/h6H,1,4-5H2,2-3H3;1H;/q-1;;+2/p-1. The summed E-state index contributed by atoms with van der Waals surface area (Å²) in [5, 5.41) is 0. The predicted octanol–water partition coefficient (Wildman–Crippen LogP) is 2.06. The van der Waals surface area contributed by atoms with Crippen LogP contribution in [-0.2, 0) is 25.8 Å². The maximum atomic E-state index is 5.29. The monoisotopic (exact) mass is 272 g/mol. The van der Waals surface area contributed by atoms with Crippen molar-refractivity contribution in [1.82, 2.24) is 0 Å². The molecule has 0 aromatic rings. The number of hydrogen-bond donors (Lipinski definition) is 0. The van der Waals surface area contributed by atoms with Gasteiger partial charge in [0.25, 0.3) is 0 Å². The van der Waals surface area contributed by atoms with Crippen LogP contribution in [0, 0.1) is 12.8 Å². The number of ether oxygens (including phenoxy) is 2. The molecule has 0 aliphatic carbocycles. The normalized spacial score (nSPS) is 23.8. The average molecular weight is 274 g/mol. The van der Waals surface area contributed by atoms with Crippen LogP contribution in [0.25, 0.3) is 0 Å². The molecule has 1 aliphatic rings. The molecule has 1 aliphatic heterocycles. The van der Waals surface area contributed by atoms with Gasteiger partial charge < -0.3 is 16.4 Å². The third-order valence-corrected chi connectivity index (χ3v) is 1.33. The van der Waals surface area contributed by atoms with Crippen molar-refractivity contribution in [2.45, 2.75) is 19.6 Å². The quantitative estimate of drug-likeness (QED) is 0.497. The van der Waals surface area contributed by atoms with E-state index in [0.717, 1.165) is 0 Å². The zero-order valence-electron chi connectivity index (χ0n) is 7.10. The molecule has 0 N–H and O–H groups in total. The van der Waals surface area contributed by atoms with Gasteiger partial charge in [-0.2, -0.15) is 0 Å². The van der Waals surface area contributed by atoms with Gasteiger partial charge >= 0.3 is 30.0 Å². The van der Waals surface area contributed by atoms with Gasteiger partial charge in [0, 0.05) is 13.2 Å². The van der Waals surface area contributed by atoms with Crippen LogP contribution in [0.4, 0.5) is 0 Å². The molecule has 11 heavy (non-hydrogen) atoms. The first-order valence-corrected chi connectivity index (χ1v) is 10.4. The van der Waals surface area contributed by atoms with Crippen LogP contribution in [0.1, 0.15) is 13.8 Å². The molecule has 1 fully saturated rings. The van der Waals surface area contributed by atoms with Crippen molar-refractivity contribution in [3.05, 3.63) is 6.92 Å². The van der Waals surface area contributed by atoms with Crippen LogP contribution in [0.5, 0.6) is 0 Å². The Morgan fingerprint density at radius 3 is 2.00 bits per heavy atom. The molecule has 0 spiro atoms. The Hall–Kier alpha value is 1.02. The van der Waals surface area contributed by atoms with E-state index in [0.29, 0.717) is 19.1 Å². The first-order chi connectivity index (χ1) is 5.10. The molecule has 0 amide bonds. The molecular formula is C7H13BrO2Zn. The first-order valence-electron chi connectivity index (χ1n) is 3.48. The molecule has 0 atom stereocenters. The predicted molar refractivity (Wildman–Crippen MR) is 43.8 cm³/mol. The molecule has 1 rings (SSSR count). The summed E-state index contributed by atoms with van der Waals surface area (Å²) in [5.41, 5.74) is 0. The van der Waals surface area contributed by atoms with Crippen LogP contribution in [0.3, 0.4) is 0 Å². The van der Waals surface area contributed by atoms with E-state index in [1.165, 1.54) is 16.3 Å². The van der Waals surface area contributed by atoms with Gasteiger partial charge in [0.15, 0.2) is 5.79 Å². The minimum absolute atomic E-state index is 0.304. The van der Waals surface area contributed by atoms with E-state index in [1.807, 2.05) is 13.8 Å². The summed E-state index contributed by atoms with van der Waals surface area (Å²) in [6.45, 7) is 9.07. The second kappa shape index (κ2) is 5.63. The summed E-state index contributed by atoms with van der Waals surface area (Å²) >= 11 is 4.25. The van der Waals surface area contributed by atoms with E-state index >= 15 is 0 Å². The van der Waals surface area contributed by atoms with Crippen molar-refractivity contribution in [3.63, 3.8) is 0 Å². The van der Waals surface area contributed by atoms with Crippen molar-refractivity contribution in [2.24, 2.45) is 5.92 Å². The molecule has 0 aromatic carbocycles. The van der Waals surface area contributed by atoms with Crippen LogP contribution in [0.2, 0.25) is 0 Å². The summed E-state index contributed by atoms with van der Waals surface area (Å²) in [6.07, 6.45) is 0. The van der Waals surface area contributed by atoms with Crippen LogP contribution < -0.4 is 0 Å². The zero-order chi connectivity index (χ0) is 8.91. The number of halogens is 1. The third-order valence-electron chi connectivity index (χ3n) is 1.33. The fraction of sp³-hybridized carbons (Fsp3) is 0.857. The van der Waals surface area contributed by atoms with E-state index in [4.69, 9.17) is 9.47 Å². The molecule has 1 heterocycles.